The van der Waals surface area contributed by atoms with E-state index in [1.165, 1.54) is 17.2 Å². The van der Waals surface area contributed by atoms with Gasteiger partial charge in [0.2, 0.25) is 0 Å². The van der Waals surface area contributed by atoms with Gasteiger partial charge in [-0.1, -0.05) is 6.07 Å². The van der Waals surface area contributed by atoms with Crippen molar-refractivity contribution in [2.24, 2.45) is 0 Å². The molecule has 0 saturated heterocycles. The molecule has 6 heteroatoms. The van der Waals surface area contributed by atoms with Gasteiger partial charge >= 0.3 is 0 Å². The summed E-state index contributed by atoms with van der Waals surface area (Å²) in [5.41, 5.74) is 0.650. The Kier molecular flexibility index (Phi) is 3.82. The van der Waals surface area contributed by atoms with Crippen LogP contribution in [0.5, 0.6) is 11.5 Å². The summed E-state index contributed by atoms with van der Waals surface area (Å²) in [7, 11) is 1.66. The zero-order valence-electron chi connectivity index (χ0n) is 12.2. The minimum absolute atomic E-state index is 0.127. The standard InChI is InChI=1S/C16H16N2O4/c1-18(16(20)12-3-2-6-17-15(12)19)10-11-4-5-13-14(9-11)22-8-7-21-13/h2-6,9H,7-8,10H2,1H3,(H,17,19). The first-order chi connectivity index (χ1) is 10.6. The fraction of sp³-hybridized carbons (Fsp3) is 0.250. The minimum Gasteiger partial charge on any atom is -0.486 e. The highest BCUT2D eigenvalue weighted by molar-refractivity contribution is 5.93. The van der Waals surface area contributed by atoms with Crippen LogP contribution >= 0.6 is 0 Å². The third-order valence-corrected chi connectivity index (χ3v) is 3.42. The van der Waals surface area contributed by atoms with E-state index in [9.17, 15) is 9.59 Å². The van der Waals surface area contributed by atoms with Crippen molar-refractivity contribution in [3.63, 3.8) is 0 Å². The van der Waals surface area contributed by atoms with Crippen LogP contribution in [0.15, 0.2) is 41.3 Å². The fourth-order valence-electron chi connectivity index (χ4n) is 2.33. The number of nitrogens with one attached hydrogen (secondary N) is 1. The van der Waals surface area contributed by atoms with Crippen LogP contribution in [0.1, 0.15) is 15.9 Å². The van der Waals surface area contributed by atoms with E-state index in [4.69, 9.17) is 9.47 Å². The van der Waals surface area contributed by atoms with Gasteiger partial charge in [0.15, 0.2) is 11.5 Å². The van der Waals surface area contributed by atoms with Crippen molar-refractivity contribution in [1.29, 1.82) is 0 Å². The highest BCUT2D eigenvalue weighted by Crippen LogP contribution is 2.31. The summed E-state index contributed by atoms with van der Waals surface area (Å²) in [6.07, 6.45) is 1.50. The molecule has 1 aliphatic rings. The van der Waals surface area contributed by atoms with Crippen LogP contribution in [0.2, 0.25) is 0 Å². The lowest BCUT2D eigenvalue weighted by atomic mass is 10.1. The molecule has 22 heavy (non-hydrogen) atoms. The topological polar surface area (TPSA) is 71.6 Å². The van der Waals surface area contributed by atoms with Gasteiger partial charge in [-0.2, -0.15) is 0 Å². The summed E-state index contributed by atoms with van der Waals surface area (Å²) in [4.78, 5) is 28.0. The first-order valence-corrected chi connectivity index (χ1v) is 6.97. The number of carbonyl (C=O) groups is 1. The lowest BCUT2D eigenvalue weighted by Gasteiger charge is -2.21. The molecule has 114 valence electrons. The number of benzene rings is 1. The molecule has 0 fully saturated rings. The van der Waals surface area contributed by atoms with Crippen molar-refractivity contribution >= 4 is 5.91 Å². The van der Waals surface area contributed by atoms with Gasteiger partial charge in [-0.25, -0.2) is 0 Å². The second-order valence-electron chi connectivity index (χ2n) is 5.05. The van der Waals surface area contributed by atoms with Crippen LogP contribution < -0.4 is 15.0 Å². The molecule has 3 rings (SSSR count). The van der Waals surface area contributed by atoms with Crippen molar-refractivity contribution in [2.45, 2.75) is 6.54 Å². The molecule has 1 N–H and O–H groups in total. The predicted molar refractivity (Wildman–Crippen MR) is 80.3 cm³/mol. The number of hydrogen-bond acceptors (Lipinski definition) is 4. The van der Waals surface area contributed by atoms with Crippen LogP contribution in [0, 0.1) is 0 Å². The number of carbonyl (C=O) groups excluding carboxylic acids is 1. The smallest absolute Gasteiger partial charge is 0.260 e. The van der Waals surface area contributed by atoms with E-state index < -0.39 is 0 Å². The third-order valence-electron chi connectivity index (χ3n) is 3.42. The number of H-pyrrole nitrogens is 1. The minimum atomic E-state index is -0.387. The quantitative estimate of drug-likeness (QED) is 0.930. The van der Waals surface area contributed by atoms with Gasteiger partial charge in [0.1, 0.15) is 18.8 Å². The van der Waals surface area contributed by atoms with Gasteiger partial charge in [0, 0.05) is 19.8 Å². The van der Waals surface area contributed by atoms with Gasteiger partial charge < -0.3 is 19.4 Å². The number of rotatable bonds is 3. The Morgan fingerprint density at radius 2 is 2.00 bits per heavy atom. The molecular weight excluding hydrogens is 284 g/mol. The normalized spacial score (nSPS) is 12.8. The van der Waals surface area contributed by atoms with Crippen molar-refractivity contribution < 1.29 is 14.3 Å². The largest absolute Gasteiger partial charge is 0.486 e. The SMILES string of the molecule is CN(Cc1ccc2c(c1)OCCO2)C(=O)c1ccc[nH]c1=O. The van der Waals surface area contributed by atoms with E-state index in [-0.39, 0.29) is 17.0 Å². The van der Waals surface area contributed by atoms with E-state index >= 15 is 0 Å². The molecule has 1 aromatic carbocycles. The van der Waals surface area contributed by atoms with Crippen LogP contribution in [0.3, 0.4) is 0 Å². The number of fused-ring (bicyclic) bond motifs is 1. The van der Waals surface area contributed by atoms with Gasteiger partial charge in [-0.05, 0) is 29.8 Å². The maximum absolute atomic E-state index is 12.3. The van der Waals surface area contributed by atoms with E-state index in [0.29, 0.717) is 31.3 Å². The zero-order valence-corrected chi connectivity index (χ0v) is 12.2. The number of ether oxygens (including phenoxy) is 2. The summed E-state index contributed by atoms with van der Waals surface area (Å²) in [6.45, 7) is 1.44. The Hall–Kier alpha value is -2.76. The fourth-order valence-corrected chi connectivity index (χ4v) is 2.33. The monoisotopic (exact) mass is 300 g/mol. The lowest BCUT2D eigenvalue weighted by molar-refractivity contribution is 0.0783. The number of aromatic amines is 1. The average molecular weight is 300 g/mol. The first-order valence-electron chi connectivity index (χ1n) is 6.97. The van der Waals surface area contributed by atoms with Gasteiger partial charge in [-0.15, -0.1) is 0 Å². The Morgan fingerprint density at radius 3 is 2.77 bits per heavy atom. The molecule has 0 unspecified atom stereocenters. The van der Waals surface area contributed by atoms with Crippen LogP contribution in [0.4, 0.5) is 0 Å². The number of nitrogens with zero attached hydrogens (tertiary/aromatic N) is 1. The number of hydrogen-bond donors (Lipinski definition) is 1. The average Bonchev–Trinajstić information content (AvgIpc) is 2.54. The molecule has 2 heterocycles. The third kappa shape index (κ3) is 2.81. The molecule has 1 amide bonds. The molecule has 0 atom stereocenters. The van der Waals surface area contributed by atoms with Crippen LogP contribution in [0.25, 0.3) is 0 Å². The molecule has 1 aliphatic heterocycles. The summed E-state index contributed by atoms with van der Waals surface area (Å²) < 4.78 is 11.0. The molecule has 0 aliphatic carbocycles. The molecule has 1 aromatic heterocycles. The summed E-state index contributed by atoms with van der Waals surface area (Å²) >= 11 is 0. The van der Waals surface area contributed by atoms with E-state index in [2.05, 4.69) is 4.98 Å². The highest BCUT2D eigenvalue weighted by Gasteiger charge is 2.17. The van der Waals surface area contributed by atoms with Gasteiger partial charge in [0.25, 0.3) is 11.5 Å². The number of pyridine rings is 1. The molecular formula is C16H16N2O4. The van der Waals surface area contributed by atoms with E-state index in [1.54, 1.807) is 13.1 Å². The highest BCUT2D eigenvalue weighted by atomic mass is 16.6. The Labute approximate surface area is 127 Å². The first kappa shape index (κ1) is 14.2. The van der Waals surface area contributed by atoms with E-state index in [1.807, 2.05) is 18.2 Å². The molecule has 0 saturated carbocycles. The van der Waals surface area contributed by atoms with Crippen LogP contribution in [-0.2, 0) is 6.54 Å². The summed E-state index contributed by atoms with van der Waals surface area (Å²) in [6, 6.07) is 8.71. The van der Waals surface area contributed by atoms with E-state index in [0.717, 1.165) is 5.56 Å². The number of amides is 1. The molecule has 0 radical (unpaired) electrons. The Balaban J connectivity index is 1.77. The van der Waals surface area contributed by atoms with Crippen molar-refractivity contribution in [3.05, 3.63) is 58.0 Å². The Morgan fingerprint density at radius 1 is 1.23 bits per heavy atom. The maximum atomic E-state index is 12.3. The van der Waals surface area contributed by atoms with Crippen LogP contribution in [-0.4, -0.2) is 36.1 Å². The number of aromatic nitrogens is 1. The molecule has 2 aromatic rings. The molecule has 0 bridgehead atoms. The van der Waals surface area contributed by atoms with Gasteiger partial charge in [0.05, 0.1) is 0 Å². The van der Waals surface area contributed by atoms with Gasteiger partial charge in [-0.3, -0.25) is 9.59 Å². The second kappa shape index (κ2) is 5.93. The van der Waals surface area contributed by atoms with Crippen molar-refractivity contribution in [1.82, 2.24) is 9.88 Å². The zero-order chi connectivity index (χ0) is 15.5. The Bertz CT molecular complexity index is 754. The van der Waals surface area contributed by atoms with Crippen molar-refractivity contribution in [3.8, 4) is 11.5 Å². The molecule has 0 spiro atoms. The summed E-state index contributed by atoms with van der Waals surface area (Å²) in [5, 5.41) is 0. The maximum Gasteiger partial charge on any atom is 0.260 e. The predicted octanol–water partition coefficient (Wildman–Crippen LogP) is 1.42. The van der Waals surface area contributed by atoms with Crippen molar-refractivity contribution in [2.75, 3.05) is 20.3 Å². The second-order valence-corrected chi connectivity index (χ2v) is 5.05. The molecule has 6 nitrogen and oxygen atoms in total. The lowest BCUT2D eigenvalue weighted by Crippen LogP contribution is -2.31. The summed E-state index contributed by atoms with van der Waals surface area (Å²) in [5.74, 6) is 1.07.